The van der Waals surface area contributed by atoms with Gasteiger partial charge in [0.25, 0.3) is 11.6 Å². The molecule has 32 heavy (non-hydrogen) atoms. The van der Waals surface area contributed by atoms with E-state index < -0.39 is 16.7 Å². The Balaban J connectivity index is 1.37. The SMILES string of the molecule is O=C(CN1C(=O)COc2ccc([N+](=O)[O-])cc21)Nc1cnn(CC(=O)NC2CCCC2)c1. The molecular weight excluding hydrogens is 420 g/mol. The molecule has 12 heteroatoms. The van der Waals surface area contributed by atoms with Crippen molar-refractivity contribution in [3.63, 3.8) is 0 Å². The van der Waals surface area contributed by atoms with Gasteiger partial charge in [-0.15, -0.1) is 0 Å². The molecule has 1 aromatic heterocycles. The highest BCUT2D eigenvalue weighted by molar-refractivity contribution is 6.05. The summed E-state index contributed by atoms with van der Waals surface area (Å²) in [4.78, 5) is 48.5. The predicted molar refractivity (Wildman–Crippen MR) is 112 cm³/mol. The molecule has 2 aliphatic rings. The van der Waals surface area contributed by atoms with Gasteiger partial charge in [-0.3, -0.25) is 34.1 Å². The first-order chi connectivity index (χ1) is 15.4. The van der Waals surface area contributed by atoms with Gasteiger partial charge in [-0.1, -0.05) is 12.8 Å². The number of carbonyl (C=O) groups is 3. The minimum absolute atomic E-state index is 0.0331. The van der Waals surface area contributed by atoms with E-state index in [4.69, 9.17) is 4.74 Å². The number of benzene rings is 1. The highest BCUT2D eigenvalue weighted by atomic mass is 16.6. The van der Waals surface area contributed by atoms with E-state index in [1.807, 2.05) is 0 Å². The van der Waals surface area contributed by atoms with E-state index in [9.17, 15) is 24.5 Å². The van der Waals surface area contributed by atoms with Crippen LogP contribution in [-0.4, -0.2) is 51.6 Å². The number of hydrogen-bond acceptors (Lipinski definition) is 7. The Bertz CT molecular complexity index is 1060. The van der Waals surface area contributed by atoms with Gasteiger partial charge < -0.3 is 15.4 Å². The summed E-state index contributed by atoms with van der Waals surface area (Å²) < 4.78 is 6.71. The number of nitrogens with one attached hydrogen (secondary N) is 2. The van der Waals surface area contributed by atoms with Crippen molar-refractivity contribution in [2.75, 3.05) is 23.4 Å². The smallest absolute Gasteiger partial charge is 0.271 e. The Labute approximate surface area is 182 Å². The first-order valence-electron chi connectivity index (χ1n) is 10.2. The summed E-state index contributed by atoms with van der Waals surface area (Å²) >= 11 is 0. The fraction of sp³-hybridized carbons (Fsp3) is 0.400. The minimum Gasteiger partial charge on any atom is -0.482 e. The van der Waals surface area contributed by atoms with E-state index in [-0.39, 0.29) is 48.8 Å². The fourth-order valence-electron chi connectivity index (χ4n) is 3.83. The van der Waals surface area contributed by atoms with Crippen LogP contribution in [0.1, 0.15) is 25.7 Å². The van der Waals surface area contributed by atoms with Gasteiger partial charge in [-0.2, -0.15) is 5.10 Å². The van der Waals surface area contributed by atoms with Gasteiger partial charge in [0.15, 0.2) is 6.61 Å². The maximum Gasteiger partial charge on any atom is 0.271 e. The van der Waals surface area contributed by atoms with Crippen molar-refractivity contribution in [2.24, 2.45) is 0 Å². The van der Waals surface area contributed by atoms with E-state index >= 15 is 0 Å². The van der Waals surface area contributed by atoms with Crippen molar-refractivity contribution < 1.29 is 24.0 Å². The monoisotopic (exact) mass is 442 g/mol. The van der Waals surface area contributed by atoms with Crippen LogP contribution < -0.4 is 20.3 Å². The Kier molecular flexibility index (Phi) is 6.01. The zero-order valence-electron chi connectivity index (χ0n) is 17.2. The number of ether oxygens (including phenoxy) is 1. The third kappa shape index (κ3) is 4.85. The molecule has 0 bridgehead atoms. The molecule has 1 aliphatic heterocycles. The zero-order valence-corrected chi connectivity index (χ0v) is 17.2. The Morgan fingerprint density at radius 2 is 2.00 bits per heavy atom. The molecule has 1 fully saturated rings. The van der Waals surface area contributed by atoms with Crippen molar-refractivity contribution in [3.05, 3.63) is 40.7 Å². The summed E-state index contributed by atoms with van der Waals surface area (Å²) in [6.07, 6.45) is 7.13. The predicted octanol–water partition coefficient (Wildman–Crippen LogP) is 1.21. The Hall–Kier alpha value is -3.96. The average Bonchev–Trinajstić information content (AvgIpc) is 3.41. The minimum atomic E-state index is -0.588. The zero-order chi connectivity index (χ0) is 22.7. The molecule has 4 rings (SSSR count). The molecule has 168 valence electrons. The highest BCUT2D eigenvalue weighted by Gasteiger charge is 2.29. The van der Waals surface area contributed by atoms with Crippen LogP contribution in [0, 0.1) is 10.1 Å². The van der Waals surface area contributed by atoms with E-state index in [1.54, 1.807) is 0 Å². The molecule has 2 aromatic rings. The molecule has 3 amide bonds. The van der Waals surface area contributed by atoms with E-state index in [0.29, 0.717) is 5.69 Å². The van der Waals surface area contributed by atoms with Gasteiger partial charge in [-0.05, 0) is 18.9 Å². The summed E-state index contributed by atoms with van der Waals surface area (Å²) in [5.74, 6) is -0.876. The van der Waals surface area contributed by atoms with Crippen LogP contribution in [0.15, 0.2) is 30.6 Å². The lowest BCUT2D eigenvalue weighted by atomic mass is 10.2. The fourth-order valence-corrected chi connectivity index (χ4v) is 3.83. The number of carbonyl (C=O) groups excluding carboxylic acids is 3. The Morgan fingerprint density at radius 3 is 2.75 bits per heavy atom. The molecule has 2 N–H and O–H groups in total. The Morgan fingerprint density at radius 1 is 1.22 bits per heavy atom. The van der Waals surface area contributed by atoms with Crippen molar-refractivity contribution in [1.82, 2.24) is 15.1 Å². The van der Waals surface area contributed by atoms with Crippen LogP contribution in [0.4, 0.5) is 17.1 Å². The van der Waals surface area contributed by atoms with Crippen LogP contribution in [-0.2, 0) is 20.9 Å². The van der Waals surface area contributed by atoms with Gasteiger partial charge in [0.2, 0.25) is 11.8 Å². The second-order valence-electron chi connectivity index (χ2n) is 7.70. The first-order valence-corrected chi connectivity index (χ1v) is 10.2. The molecule has 0 atom stereocenters. The van der Waals surface area contributed by atoms with E-state index in [0.717, 1.165) is 30.6 Å². The van der Waals surface area contributed by atoms with Crippen LogP contribution >= 0.6 is 0 Å². The van der Waals surface area contributed by atoms with Gasteiger partial charge in [-0.25, -0.2) is 0 Å². The number of amides is 3. The number of aromatic nitrogens is 2. The van der Waals surface area contributed by atoms with E-state index in [1.165, 1.54) is 35.3 Å². The lowest BCUT2D eigenvalue weighted by Crippen LogP contribution is -2.43. The van der Waals surface area contributed by atoms with Gasteiger partial charge >= 0.3 is 0 Å². The second kappa shape index (κ2) is 9.04. The van der Waals surface area contributed by atoms with Crippen molar-refractivity contribution in [1.29, 1.82) is 0 Å². The molecule has 2 heterocycles. The van der Waals surface area contributed by atoms with Gasteiger partial charge in [0.05, 0.1) is 22.5 Å². The second-order valence-corrected chi connectivity index (χ2v) is 7.70. The number of nitro groups is 1. The van der Waals surface area contributed by atoms with Crippen LogP contribution in [0.5, 0.6) is 5.75 Å². The molecule has 0 saturated heterocycles. The molecular formula is C20H22N6O6. The standard InChI is InChI=1S/C20H22N6O6/c27-18(22-13-3-1-2-4-13)10-24-9-14(8-21-24)23-19(28)11-25-16-7-15(26(30)31)5-6-17(16)32-12-20(25)29/h5-9,13H,1-4,10-12H2,(H,22,27)(H,23,28). The van der Waals surface area contributed by atoms with Crippen LogP contribution in [0.25, 0.3) is 0 Å². The van der Waals surface area contributed by atoms with Gasteiger partial charge in [0, 0.05) is 24.4 Å². The summed E-state index contributed by atoms with van der Waals surface area (Å²) in [6.45, 7) is -0.596. The van der Waals surface area contributed by atoms with Crippen LogP contribution in [0.3, 0.4) is 0 Å². The maximum atomic E-state index is 12.5. The normalized spacial score (nSPS) is 15.8. The summed E-state index contributed by atoms with van der Waals surface area (Å²) in [7, 11) is 0. The van der Waals surface area contributed by atoms with Crippen molar-refractivity contribution >= 4 is 34.8 Å². The molecule has 12 nitrogen and oxygen atoms in total. The third-order valence-electron chi connectivity index (χ3n) is 5.34. The molecule has 0 spiro atoms. The summed E-state index contributed by atoms with van der Waals surface area (Å²) in [6, 6.07) is 4.07. The number of fused-ring (bicyclic) bond motifs is 1. The third-order valence-corrected chi connectivity index (χ3v) is 5.34. The maximum absolute atomic E-state index is 12.5. The molecule has 0 radical (unpaired) electrons. The average molecular weight is 442 g/mol. The molecule has 1 aliphatic carbocycles. The summed E-state index contributed by atoms with van der Waals surface area (Å²) in [5, 5.41) is 20.7. The number of nitrogens with zero attached hydrogens (tertiary/aromatic N) is 4. The lowest BCUT2D eigenvalue weighted by molar-refractivity contribution is -0.384. The quantitative estimate of drug-likeness (QED) is 0.483. The number of hydrogen-bond donors (Lipinski definition) is 2. The lowest BCUT2D eigenvalue weighted by Gasteiger charge is -2.28. The molecule has 0 unspecified atom stereocenters. The van der Waals surface area contributed by atoms with Crippen molar-refractivity contribution in [3.8, 4) is 5.75 Å². The van der Waals surface area contributed by atoms with Crippen molar-refractivity contribution in [2.45, 2.75) is 38.3 Å². The highest BCUT2D eigenvalue weighted by Crippen LogP contribution is 2.35. The number of nitro benzene ring substituents is 1. The number of rotatable bonds is 7. The topological polar surface area (TPSA) is 149 Å². The largest absolute Gasteiger partial charge is 0.482 e. The number of anilines is 2. The van der Waals surface area contributed by atoms with Crippen LogP contribution in [0.2, 0.25) is 0 Å². The number of non-ortho nitro benzene ring substituents is 1. The summed E-state index contributed by atoms with van der Waals surface area (Å²) in [5.41, 5.74) is 0.304. The first kappa shape index (κ1) is 21.3. The van der Waals surface area contributed by atoms with E-state index in [2.05, 4.69) is 15.7 Å². The molecule has 1 saturated carbocycles. The molecule has 1 aromatic carbocycles. The van der Waals surface area contributed by atoms with Gasteiger partial charge in [0.1, 0.15) is 18.8 Å².